The van der Waals surface area contributed by atoms with E-state index in [2.05, 4.69) is 4.72 Å². The van der Waals surface area contributed by atoms with Crippen LogP contribution in [-0.4, -0.2) is 20.8 Å². The molecular formula is C17H14F7NO2S. The van der Waals surface area contributed by atoms with Crippen LogP contribution in [0.15, 0.2) is 47.4 Å². The van der Waals surface area contributed by atoms with Crippen LogP contribution in [0, 0.1) is 13.8 Å². The van der Waals surface area contributed by atoms with Crippen LogP contribution in [0.3, 0.4) is 0 Å². The van der Waals surface area contributed by atoms with Gasteiger partial charge in [0.05, 0.1) is 10.6 Å². The van der Waals surface area contributed by atoms with Crippen LogP contribution in [0.5, 0.6) is 0 Å². The molecule has 0 aromatic heterocycles. The molecule has 0 fully saturated rings. The van der Waals surface area contributed by atoms with E-state index in [1.54, 1.807) is 6.92 Å². The quantitative estimate of drug-likeness (QED) is 0.663. The molecule has 2 aromatic carbocycles. The molecule has 0 radical (unpaired) electrons. The summed E-state index contributed by atoms with van der Waals surface area (Å²) in [5, 5.41) is 0. The topological polar surface area (TPSA) is 46.2 Å². The van der Waals surface area contributed by atoms with Crippen molar-refractivity contribution in [2.75, 3.05) is 4.72 Å². The van der Waals surface area contributed by atoms with Crippen molar-refractivity contribution >= 4 is 15.7 Å². The van der Waals surface area contributed by atoms with Gasteiger partial charge >= 0.3 is 18.0 Å². The second-order valence-electron chi connectivity index (χ2n) is 6.10. The van der Waals surface area contributed by atoms with Gasteiger partial charge in [-0.2, -0.15) is 26.3 Å². The Kier molecular flexibility index (Phi) is 5.45. The number of anilines is 1. The highest BCUT2D eigenvalue weighted by molar-refractivity contribution is 7.92. The van der Waals surface area contributed by atoms with Gasteiger partial charge in [-0.3, -0.25) is 4.72 Å². The molecule has 0 unspecified atom stereocenters. The minimum Gasteiger partial charge on any atom is -0.279 e. The number of halogens is 7. The summed E-state index contributed by atoms with van der Waals surface area (Å²) in [6.45, 7) is 2.78. The minimum absolute atomic E-state index is 0.160. The fourth-order valence-electron chi connectivity index (χ4n) is 2.40. The van der Waals surface area contributed by atoms with Crippen LogP contribution in [0.2, 0.25) is 0 Å². The van der Waals surface area contributed by atoms with Gasteiger partial charge in [0.25, 0.3) is 10.0 Å². The van der Waals surface area contributed by atoms with Crippen molar-refractivity contribution in [1.29, 1.82) is 0 Å². The molecule has 154 valence electrons. The van der Waals surface area contributed by atoms with Crippen molar-refractivity contribution in [2.45, 2.75) is 36.8 Å². The zero-order chi connectivity index (χ0) is 21.5. The molecule has 0 heterocycles. The number of alkyl halides is 7. The average Bonchev–Trinajstić information content (AvgIpc) is 2.54. The molecule has 0 aliphatic heterocycles. The Morgan fingerprint density at radius 2 is 1.29 bits per heavy atom. The lowest BCUT2D eigenvalue weighted by molar-refractivity contribution is -0.348. The Morgan fingerprint density at radius 1 is 0.786 bits per heavy atom. The average molecular weight is 429 g/mol. The molecule has 2 aromatic rings. The van der Waals surface area contributed by atoms with Crippen molar-refractivity contribution in [3.8, 4) is 0 Å². The molecule has 0 aliphatic rings. The maximum absolute atomic E-state index is 14.1. The van der Waals surface area contributed by atoms with Crippen molar-refractivity contribution in [3.63, 3.8) is 0 Å². The summed E-state index contributed by atoms with van der Waals surface area (Å²) in [5.74, 6) is 0. The van der Waals surface area contributed by atoms with Crippen molar-refractivity contribution in [2.24, 2.45) is 0 Å². The molecule has 0 saturated heterocycles. The SMILES string of the molecule is Cc1ccc(S(=O)(=O)Nc2ccc(C(F)(C(F)(F)F)C(F)(F)F)cc2C)cc1. The van der Waals surface area contributed by atoms with Gasteiger partial charge in [-0.05, 0) is 37.6 Å². The van der Waals surface area contributed by atoms with Gasteiger partial charge in [0.2, 0.25) is 0 Å². The van der Waals surface area contributed by atoms with Gasteiger partial charge in [0, 0.05) is 5.56 Å². The van der Waals surface area contributed by atoms with E-state index in [-0.39, 0.29) is 22.2 Å². The number of hydrogen-bond donors (Lipinski definition) is 1. The van der Waals surface area contributed by atoms with Crippen LogP contribution in [0.4, 0.5) is 36.4 Å². The molecule has 3 nitrogen and oxygen atoms in total. The van der Waals surface area contributed by atoms with E-state index in [1.807, 2.05) is 0 Å². The number of rotatable bonds is 4. The lowest BCUT2D eigenvalue weighted by atomic mass is 9.92. The minimum atomic E-state index is -6.25. The van der Waals surface area contributed by atoms with Gasteiger partial charge in [-0.1, -0.05) is 29.8 Å². The normalized spacial score (nSPS) is 13.5. The summed E-state index contributed by atoms with van der Waals surface area (Å²) in [4.78, 5) is -0.160. The Morgan fingerprint density at radius 3 is 1.71 bits per heavy atom. The number of nitrogens with one attached hydrogen (secondary N) is 1. The molecule has 11 heteroatoms. The Hall–Kier alpha value is -2.30. The smallest absolute Gasteiger partial charge is 0.279 e. The molecule has 0 bridgehead atoms. The predicted octanol–water partition coefficient (Wildman–Crippen LogP) is 5.39. The van der Waals surface area contributed by atoms with Crippen LogP contribution >= 0.6 is 0 Å². The summed E-state index contributed by atoms with van der Waals surface area (Å²) >= 11 is 0. The van der Waals surface area contributed by atoms with E-state index < -0.39 is 33.6 Å². The Labute approximate surface area is 156 Å². The standard InChI is InChI=1S/C17H14F7NO2S/c1-10-3-6-13(7-4-10)28(26,27)25-14-8-5-12(9-11(14)2)15(18,16(19,20)21)17(22,23)24/h3-9,25H,1-2H3. The zero-order valence-corrected chi connectivity index (χ0v) is 15.2. The van der Waals surface area contributed by atoms with E-state index in [0.29, 0.717) is 12.1 Å². The maximum Gasteiger partial charge on any atom is 0.435 e. The highest BCUT2D eigenvalue weighted by atomic mass is 32.2. The first kappa shape index (κ1) is 22.0. The third-order valence-corrected chi connectivity index (χ3v) is 5.36. The number of aryl methyl sites for hydroxylation is 2. The van der Waals surface area contributed by atoms with E-state index in [1.165, 1.54) is 24.3 Å². The van der Waals surface area contributed by atoms with Gasteiger partial charge in [-0.15, -0.1) is 0 Å². The summed E-state index contributed by atoms with van der Waals surface area (Å²) in [5.41, 5.74) is -7.10. The number of hydrogen-bond acceptors (Lipinski definition) is 2. The van der Waals surface area contributed by atoms with Gasteiger partial charge in [0.15, 0.2) is 0 Å². The van der Waals surface area contributed by atoms with E-state index in [0.717, 1.165) is 12.5 Å². The van der Waals surface area contributed by atoms with E-state index >= 15 is 0 Å². The molecule has 0 spiro atoms. The number of benzene rings is 2. The van der Waals surface area contributed by atoms with Gasteiger partial charge < -0.3 is 0 Å². The van der Waals surface area contributed by atoms with Gasteiger partial charge in [-0.25, -0.2) is 12.8 Å². The largest absolute Gasteiger partial charge is 0.435 e. The molecule has 2 rings (SSSR count). The Balaban J connectivity index is 2.46. The first-order chi connectivity index (χ1) is 12.6. The lowest BCUT2D eigenvalue weighted by Crippen LogP contribution is -2.50. The van der Waals surface area contributed by atoms with Crippen LogP contribution < -0.4 is 4.72 Å². The fraction of sp³-hybridized carbons (Fsp3) is 0.294. The summed E-state index contributed by atoms with van der Waals surface area (Å²) in [6, 6.07) is 6.79. The summed E-state index contributed by atoms with van der Waals surface area (Å²) in [6.07, 6.45) is -12.5. The second-order valence-corrected chi connectivity index (χ2v) is 7.78. The highest BCUT2D eigenvalue weighted by Gasteiger charge is 2.73. The second kappa shape index (κ2) is 6.94. The maximum atomic E-state index is 14.1. The highest BCUT2D eigenvalue weighted by Crippen LogP contribution is 2.53. The third kappa shape index (κ3) is 3.94. The van der Waals surface area contributed by atoms with Crippen molar-refractivity contribution < 1.29 is 39.2 Å². The first-order valence-electron chi connectivity index (χ1n) is 7.62. The summed E-state index contributed by atoms with van der Waals surface area (Å²) < 4.78 is 118. The molecule has 0 saturated carbocycles. The molecule has 0 atom stereocenters. The lowest BCUT2D eigenvalue weighted by Gasteiger charge is -2.30. The number of sulfonamides is 1. The zero-order valence-electron chi connectivity index (χ0n) is 14.4. The van der Waals surface area contributed by atoms with Crippen molar-refractivity contribution in [1.82, 2.24) is 0 Å². The van der Waals surface area contributed by atoms with Gasteiger partial charge in [0.1, 0.15) is 0 Å². The third-order valence-electron chi connectivity index (χ3n) is 3.98. The molecule has 0 aliphatic carbocycles. The van der Waals surface area contributed by atoms with Crippen LogP contribution in [0.1, 0.15) is 16.7 Å². The molecular weight excluding hydrogens is 415 g/mol. The van der Waals surface area contributed by atoms with Crippen LogP contribution in [-0.2, 0) is 15.7 Å². The predicted molar refractivity (Wildman–Crippen MR) is 88.1 cm³/mol. The Bertz CT molecular complexity index is 950. The summed E-state index contributed by atoms with van der Waals surface area (Å²) in [7, 11) is -4.15. The fourth-order valence-corrected chi connectivity index (χ4v) is 3.53. The van der Waals surface area contributed by atoms with E-state index in [9.17, 15) is 39.2 Å². The first-order valence-corrected chi connectivity index (χ1v) is 9.11. The molecule has 28 heavy (non-hydrogen) atoms. The van der Waals surface area contributed by atoms with Crippen molar-refractivity contribution in [3.05, 3.63) is 59.2 Å². The monoisotopic (exact) mass is 429 g/mol. The molecule has 1 N–H and O–H groups in total. The van der Waals surface area contributed by atoms with Crippen LogP contribution in [0.25, 0.3) is 0 Å². The molecule has 0 amide bonds. The van der Waals surface area contributed by atoms with E-state index in [4.69, 9.17) is 0 Å².